The average Bonchev–Trinajstić information content (AvgIpc) is 2.92. The molecular weight excluding hydrogens is 252 g/mol. The Morgan fingerprint density at radius 1 is 1.35 bits per heavy atom. The fourth-order valence-electron chi connectivity index (χ4n) is 2.56. The van der Waals surface area contributed by atoms with Crippen LogP contribution in [-0.4, -0.2) is 36.3 Å². The SMILES string of the molecule is CCC1OCCC1CNc1cc(NC)nc(C(C)C)n1. The normalized spacial score (nSPS) is 22.2. The Balaban J connectivity index is 2.03. The number of ether oxygens (including phenoxy) is 1. The molecule has 0 saturated carbocycles. The molecule has 1 fully saturated rings. The molecule has 1 aromatic heterocycles. The van der Waals surface area contributed by atoms with E-state index in [0.717, 1.165) is 43.5 Å². The largest absolute Gasteiger partial charge is 0.378 e. The highest BCUT2D eigenvalue weighted by atomic mass is 16.5. The number of hydrogen-bond acceptors (Lipinski definition) is 5. The molecule has 0 spiro atoms. The fourth-order valence-corrected chi connectivity index (χ4v) is 2.56. The third kappa shape index (κ3) is 3.60. The van der Waals surface area contributed by atoms with Crippen LogP contribution in [0.15, 0.2) is 6.07 Å². The first-order valence-electron chi connectivity index (χ1n) is 7.56. The molecule has 0 aromatic carbocycles. The summed E-state index contributed by atoms with van der Waals surface area (Å²) in [5, 5.41) is 6.54. The maximum absolute atomic E-state index is 5.72. The third-order valence-electron chi connectivity index (χ3n) is 3.81. The van der Waals surface area contributed by atoms with Gasteiger partial charge in [0.25, 0.3) is 0 Å². The van der Waals surface area contributed by atoms with Crippen LogP contribution in [0, 0.1) is 5.92 Å². The summed E-state index contributed by atoms with van der Waals surface area (Å²) in [5.41, 5.74) is 0. The molecule has 1 aromatic rings. The lowest BCUT2D eigenvalue weighted by molar-refractivity contribution is 0.0900. The average molecular weight is 278 g/mol. The number of nitrogens with zero attached hydrogens (tertiary/aromatic N) is 2. The molecule has 2 rings (SSSR count). The van der Waals surface area contributed by atoms with Crippen molar-refractivity contribution in [2.75, 3.05) is 30.8 Å². The molecule has 0 aliphatic carbocycles. The van der Waals surface area contributed by atoms with Crippen LogP contribution in [0.2, 0.25) is 0 Å². The lowest BCUT2D eigenvalue weighted by atomic mass is 10.00. The van der Waals surface area contributed by atoms with Gasteiger partial charge in [0, 0.05) is 38.1 Å². The highest BCUT2D eigenvalue weighted by Gasteiger charge is 2.26. The Kier molecular flexibility index (Phi) is 5.17. The molecule has 2 N–H and O–H groups in total. The summed E-state index contributed by atoms with van der Waals surface area (Å²) in [4.78, 5) is 9.07. The van der Waals surface area contributed by atoms with Gasteiger partial charge >= 0.3 is 0 Å². The van der Waals surface area contributed by atoms with Gasteiger partial charge in [0.15, 0.2) is 0 Å². The molecule has 2 atom stereocenters. The van der Waals surface area contributed by atoms with Crippen LogP contribution >= 0.6 is 0 Å². The van der Waals surface area contributed by atoms with Gasteiger partial charge < -0.3 is 15.4 Å². The molecule has 112 valence electrons. The van der Waals surface area contributed by atoms with Crippen LogP contribution < -0.4 is 10.6 Å². The summed E-state index contributed by atoms with van der Waals surface area (Å²) < 4.78 is 5.72. The van der Waals surface area contributed by atoms with Crippen molar-refractivity contribution >= 4 is 11.6 Å². The van der Waals surface area contributed by atoms with E-state index in [-0.39, 0.29) is 0 Å². The highest BCUT2D eigenvalue weighted by molar-refractivity contribution is 5.47. The Morgan fingerprint density at radius 2 is 2.10 bits per heavy atom. The zero-order chi connectivity index (χ0) is 14.5. The van der Waals surface area contributed by atoms with Crippen molar-refractivity contribution in [3.63, 3.8) is 0 Å². The van der Waals surface area contributed by atoms with Crippen molar-refractivity contribution in [3.05, 3.63) is 11.9 Å². The molecule has 20 heavy (non-hydrogen) atoms. The summed E-state index contributed by atoms with van der Waals surface area (Å²) in [5.74, 6) is 3.53. The van der Waals surface area contributed by atoms with Crippen molar-refractivity contribution in [2.45, 2.75) is 45.6 Å². The first-order valence-corrected chi connectivity index (χ1v) is 7.56. The van der Waals surface area contributed by atoms with Gasteiger partial charge in [0.1, 0.15) is 17.5 Å². The summed E-state index contributed by atoms with van der Waals surface area (Å²) in [6, 6.07) is 1.96. The zero-order valence-corrected chi connectivity index (χ0v) is 12.9. The number of nitrogens with one attached hydrogen (secondary N) is 2. The van der Waals surface area contributed by atoms with Crippen LogP contribution in [-0.2, 0) is 4.74 Å². The second kappa shape index (κ2) is 6.88. The van der Waals surface area contributed by atoms with Crippen molar-refractivity contribution in [3.8, 4) is 0 Å². The van der Waals surface area contributed by atoms with Crippen LogP contribution in [0.5, 0.6) is 0 Å². The van der Waals surface area contributed by atoms with E-state index in [0.29, 0.717) is 17.9 Å². The van der Waals surface area contributed by atoms with E-state index in [1.54, 1.807) is 0 Å². The second-order valence-corrected chi connectivity index (χ2v) is 5.65. The monoisotopic (exact) mass is 278 g/mol. The van der Waals surface area contributed by atoms with Gasteiger partial charge in [-0.1, -0.05) is 20.8 Å². The van der Waals surface area contributed by atoms with Crippen LogP contribution in [0.3, 0.4) is 0 Å². The molecule has 0 amide bonds. The van der Waals surface area contributed by atoms with E-state index < -0.39 is 0 Å². The van der Waals surface area contributed by atoms with E-state index in [2.05, 4.69) is 41.4 Å². The lowest BCUT2D eigenvalue weighted by Crippen LogP contribution is -2.23. The van der Waals surface area contributed by atoms with Crippen LogP contribution in [0.4, 0.5) is 11.6 Å². The van der Waals surface area contributed by atoms with Gasteiger partial charge in [0.2, 0.25) is 0 Å². The molecule has 1 aliphatic heterocycles. The molecule has 0 bridgehead atoms. The predicted octanol–water partition coefficient (Wildman–Crippen LogP) is 2.87. The highest BCUT2D eigenvalue weighted by Crippen LogP contribution is 2.24. The quantitative estimate of drug-likeness (QED) is 0.838. The van der Waals surface area contributed by atoms with Gasteiger partial charge in [-0.05, 0) is 12.8 Å². The molecule has 5 heteroatoms. The Bertz CT molecular complexity index is 436. The predicted molar refractivity (Wildman–Crippen MR) is 82.3 cm³/mol. The standard InChI is InChI=1S/C15H26N4O/c1-5-12-11(6-7-20-12)9-17-14-8-13(16-4)18-15(19-14)10(2)3/h8,10-12H,5-7,9H2,1-4H3,(H2,16,17,18,19). The van der Waals surface area contributed by atoms with E-state index >= 15 is 0 Å². The maximum Gasteiger partial charge on any atom is 0.135 e. The van der Waals surface area contributed by atoms with Crippen LogP contribution in [0.25, 0.3) is 0 Å². The van der Waals surface area contributed by atoms with Crippen molar-refractivity contribution in [1.82, 2.24) is 9.97 Å². The Hall–Kier alpha value is -1.36. The smallest absolute Gasteiger partial charge is 0.135 e. The first kappa shape index (κ1) is 15.0. The maximum atomic E-state index is 5.72. The second-order valence-electron chi connectivity index (χ2n) is 5.65. The van der Waals surface area contributed by atoms with Gasteiger partial charge in [-0.25, -0.2) is 9.97 Å². The van der Waals surface area contributed by atoms with Crippen LogP contribution in [0.1, 0.15) is 45.4 Å². The fraction of sp³-hybridized carbons (Fsp3) is 0.733. The molecule has 1 aliphatic rings. The van der Waals surface area contributed by atoms with E-state index in [9.17, 15) is 0 Å². The Morgan fingerprint density at radius 3 is 2.75 bits per heavy atom. The first-order chi connectivity index (χ1) is 9.63. The Labute approximate surface area is 121 Å². The molecule has 0 radical (unpaired) electrons. The molecule has 2 heterocycles. The topological polar surface area (TPSA) is 59.1 Å². The minimum atomic E-state index is 0.321. The van der Waals surface area contributed by atoms with Gasteiger partial charge in [0.05, 0.1) is 6.10 Å². The third-order valence-corrected chi connectivity index (χ3v) is 3.81. The van der Waals surface area contributed by atoms with E-state index in [1.165, 1.54) is 0 Å². The van der Waals surface area contributed by atoms with Crippen molar-refractivity contribution in [2.24, 2.45) is 5.92 Å². The number of aromatic nitrogens is 2. The zero-order valence-electron chi connectivity index (χ0n) is 12.9. The molecule has 1 saturated heterocycles. The molecule has 5 nitrogen and oxygen atoms in total. The molecular formula is C15H26N4O. The molecule has 2 unspecified atom stereocenters. The number of rotatable bonds is 6. The summed E-state index contributed by atoms with van der Waals surface area (Å²) in [6.07, 6.45) is 2.60. The van der Waals surface area contributed by atoms with Gasteiger partial charge in [-0.15, -0.1) is 0 Å². The van der Waals surface area contributed by atoms with Gasteiger partial charge in [-0.3, -0.25) is 0 Å². The van der Waals surface area contributed by atoms with Gasteiger partial charge in [-0.2, -0.15) is 0 Å². The summed E-state index contributed by atoms with van der Waals surface area (Å²) in [7, 11) is 1.88. The lowest BCUT2D eigenvalue weighted by Gasteiger charge is -2.18. The van der Waals surface area contributed by atoms with Crippen molar-refractivity contribution in [1.29, 1.82) is 0 Å². The minimum Gasteiger partial charge on any atom is -0.378 e. The number of anilines is 2. The number of hydrogen-bond donors (Lipinski definition) is 2. The summed E-state index contributed by atoms with van der Waals surface area (Å²) >= 11 is 0. The van der Waals surface area contributed by atoms with Crippen molar-refractivity contribution < 1.29 is 4.74 Å². The van der Waals surface area contributed by atoms with E-state index in [4.69, 9.17) is 4.74 Å². The minimum absolute atomic E-state index is 0.321. The summed E-state index contributed by atoms with van der Waals surface area (Å²) in [6.45, 7) is 8.19. The van der Waals surface area contributed by atoms with E-state index in [1.807, 2.05) is 13.1 Å².